The van der Waals surface area contributed by atoms with Gasteiger partial charge in [-0.05, 0) is 43.2 Å². The van der Waals surface area contributed by atoms with Gasteiger partial charge in [0.1, 0.15) is 12.3 Å². The van der Waals surface area contributed by atoms with E-state index in [2.05, 4.69) is 50.1 Å². The topological polar surface area (TPSA) is 37.2 Å². The van der Waals surface area contributed by atoms with Gasteiger partial charge in [0.2, 0.25) is 0 Å². The minimum Gasteiger partial charge on any atom is -0.497 e. The maximum Gasteiger partial charge on any atom is 0.277 e. The number of quaternary nitrogens is 1. The summed E-state index contributed by atoms with van der Waals surface area (Å²) in [6.07, 6.45) is 0. The lowest BCUT2D eigenvalue weighted by Crippen LogP contribution is -3.09. The van der Waals surface area contributed by atoms with Gasteiger partial charge in [0.15, 0.2) is 6.54 Å². The van der Waals surface area contributed by atoms with Crippen LogP contribution >= 0.6 is 0 Å². The third kappa shape index (κ3) is 4.84. The van der Waals surface area contributed by atoms with Crippen LogP contribution in [0.2, 0.25) is 0 Å². The molecule has 1 N–H and O–H groups in total. The van der Waals surface area contributed by atoms with E-state index in [0.29, 0.717) is 6.54 Å². The van der Waals surface area contributed by atoms with Gasteiger partial charge >= 0.3 is 0 Å². The molecule has 5 nitrogen and oxygen atoms in total. The first kappa shape index (κ1) is 20.2. The van der Waals surface area contributed by atoms with Crippen molar-refractivity contribution in [2.24, 2.45) is 0 Å². The highest BCUT2D eigenvalue weighted by Crippen LogP contribution is 2.23. The van der Waals surface area contributed by atoms with Crippen molar-refractivity contribution >= 4 is 11.6 Å². The summed E-state index contributed by atoms with van der Waals surface area (Å²) in [4.78, 5) is 18.4. The van der Waals surface area contributed by atoms with Gasteiger partial charge in [-0.1, -0.05) is 24.3 Å². The standard InChI is InChI=1S/C23H31N3O2/c1-18-7-5-10-22(19(18)2)25-11-13-26(14-12-25)23(27)17-24(3)16-20-8-6-9-21(15-20)28-4/h5-10,15H,11-14,16-17H2,1-4H3/p+1. The van der Waals surface area contributed by atoms with Gasteiger partial charge in [-0.2, -0.15) is 0 Å². The van der Waals surface area contributed by atoms with E-state index in [-0.39, 0.29) is 5.91 Å². The molecule has 1 aliphatic rings. The zero-order valence-corrected chi connectivity index (χ0v) is 17.5. The van der Waals surface area contributed by atoms with E-state index in [9.17, 15) is 4.79 Å². The number of nitrogens with one attached hydrogen (secondary N) is 1. The fourth-order valence-corrected chi connectivity index (χ4v) is 3.84. The molecule has 2 aromatic rings. The lowest BCUT2D eigenvalue weighted by atomic mass is 10.1. The van der Waals surface area contributed by atoms with Gasteiger partial charge in [-0.15, -0.1) is 0 Å². The SMILES string of the molecule is COc1cccc(C[NH+](C)CC(=O)N2CCN(c3cccc(C)c3C)CC2)c1. The summed E-state index contributed by atoms with van der Waals surface area (Å²) in [5.41, 5.74) is 5.14. The first-order valence-corrected chi connectivity index (χ1v) is 10.0. The number of likely N-dealkylation sites (N-methyl/N-ethyl adjacent to an activating group) is 1. The first-order chi connectivity index (χ1) is 13.5. The Balaban J connectivity index is 1.51. The number of benzene rings is 2. The first-order valence-electron chi connectivity index (χ1n) is 10.0. The minimum atomic E-state index is 0.237. The number of carbonyl (C=O) groups excluding carboxylic acids is 1. The van der Waals surface area contributed by atoms with Crippen LogP contribution in [-0.4, -0.2) is 57.7 Å². The van der Waals surface area contributed by atoms with Gasteiger partial charge in [0.25, 0.3) is 5.91 Å². The molecule has 2 aromatic carbocycles. The number of rotatable bonds is 6. The quantitative estimate of drug-likeness (QED) is 0.826. The molecule has 0 radical (unpaired) electrons. The highest BCUT2D eigenvalue weighted by molar-refractivity contribution is 5.77. The molecular formula is C23H32N3O2+. The molecule has 0 bridgehead atoms. The Morgan fingerprint density at radius 1 is 1.07 bits per heavy atom. The molecular weight excluding hydrogens is 350 g/mol. The van der Waals surface area contributed by atoms with Crippen LogP contribution < -0.4 is 14.5 Å². The normalized spacial score (nSPS) is 15.4. The van der Waals surface area contributed by atoms with E-state index in [1.807, 2.05) is 23.1 Å². The summed E-state index contributed by atoms with van der Waals surface area (Å²) >= 11 is 0. The average molecular weight is 383 g/mol. The van der Waals surface area contributed by atoms with Gasteiger partial charge in [-0.25, -0.2) is 0 Å². The van der Waals surface area contributed by atoms with Crippen LogP contribution in [0.25, 0.3) is 0 Å². The van der Waals surface area contributed by atoms with E-state index in [1.54, 1.807) is 7.11 Å². The highest BCUT2D eigenvalue weighted by atomic mass is 16.5. The molecule has 1 fully saturated rings. The van der Waals surface area contributed by atoms with Gasteiger partial charge in [0.05, 0.1) is 14.2 Å². The number of ether oxygens (including phenoxy) is 1. The van der Waals surface area contributed by atoms with E-state index in [0.717, 1.165) is 38.5 Å². The summed E-state index contributed by atoms with van der Waals surface area (Å²) < 4.78 is 5.29. The van der Waals surface area contributed by atoms with E-state index >= 15 is 0 Å². The second-order valence-electron chi connectivity index (χ2n) is 7.75. The second kappa shape index (κ2) is 9.11. The molecule has 5 heteroatoms. The maximum atomic E-state index is 12.7. The molecule has 0 aromatic heterocycles. The van der Waals surface area contributed by atoms with Crippen molar-refractivity contribution < 1.29 is 14.4 Å². The zero-order valence-electron chi connectivity index (χ0n) is 17.5. The van der Waals surface area contributed by atoms with Crippen LogP contribution in [0.15, 0.2) is 42.5 Å². The minimum absolute atomic E-state index is 0.237. The number of amides is 1. The fraction of sp³-hybridized carbons (Fsp3) is 0.435. The van der Waals surface area contributed by atoms with Crippen molar-refractivity contribution in [1.29, 1.82) is 0 Å². The van der Waals surface area contributed by atoms with Gasteiger partial charge in [-0.3, -0.25) is 4.79 Å². The molecule has 150 valence electrons. The summed E-state index contributed by atoms with van der Waals surface area (Å²) in [5, 5.41) is 0. The lowest BCUT2D eigenvalue weighted by Gasteiger charge is -2.37. The summed E-state index contributed by atoms with van der Waals surface area (Å²) in [7, 11) is 3.75. The van der Waals surface area contributed by atoms with Crippen LogP contribution in [0.4, 0.5) is 5.69 Å². The Bertz CT molecular complexity index is 813. The number of piperazine rings is 1. The summed E-state index contributed by atoms with van der Waals surface area (Å²) in [6.45, 7) is 9.03. The Hall–Kier alpha value is -2.53. The maximum absolute atomic E-state index is 12.7. The number of nitrogens with zero attached hydrogens (tertiary/aromatic N) is 2. The number of hydrogen-bond acceptors (Lipinski definition) is 3. The third-order valence-corrected chi connectivity index (χ3v) is 5.64. The van der Waals surface area contributed by atoms with Crippen molar-refractivity contribution in [3.63, 3.8) is 0 Å². The van der Waals surface area contributed by atoms with E-state index in [1.165, 1.54) is 27.3 Å². The van der Waals surface area contributed by atoms with Crippen molar-refractivity contribution in [2.75, 3.05) is 51.8 Å². The number of aryl methyl sites for hydroxylation is 1. The van der Waals surface area contributed by atoms with Crippen molar-refractivity contribution in [2.45, 2.75) is 20.4 Å². The largest absolute Gasteiger partial charge is 0.497 e. The van der Waals surface area contributed by atoms with E-state index < -0.39 is 0 Å². The highest BCUT2D eigenvalue weighted by Gasteiger charge is 2.24. The predicted molar refractivity (Wildman–Crippen MR) is 113 cm³/mol. The molecule has 1 unspecified atom stereocenters. The Kier molecular flexibility index (Phi) is 6.57. The molecule has 0 spiro atoms. The van der Waals surface area contributed by atoms with E-state index in [4.69, 9.17) is 4.74 Å². The summed E-state index contributed by atoms with van der Waals surface area (Å²) in [5.74, 6) is 1.10. The second-order valence-corrected chi connectivity index (χ2v) is 7.75. The molecule has 1 heterocycles. The number of hydrogen-bond donors (Lipinski definition) is 1. The van der Waals surface area contributed by atoms with Crippen LogP contribution in [0.3, 0.4) is 0 Å². The summed E-state index contributed by atoms with van der Waals surface area (Å²) in [6, 6.07) is 14.5. The molecule has 3 rings (SSSR count). The van der Waals surface area contributed by atoms with Crippen LogP contribution in [0.5, 0.6) is 5.75 Å². The zero-order chi connectivity index (χ0) is 20.1. The van der Waals surface area contributed by atoms with Gasteiger partial charge < -0.3 is 19.4 Å². The van der Waals surface area contributed by atoms with Crippen LogP contribution in [0, 0.1) is 13.8 Å². The number of methoxy groups -OCH3 is 1. The molecule has 0 aliphatic carbocycles. The molecule has 1 saturated heterocycles. The van der Waals surface area contributed by atoms with Crippen LogP contribution in [-0.2, 0) is 11.3 Å². The number of anilines is 1. The molecule has 0 saturated carbocycles. The molecule has 1 atom stereocenters. The van der Waals surface area contributed by atoms with Crippen molar-refractivity contribution in [3.8, 4) is 5.75 Å². The average Bonchev–Trinajstić information content (AvgIpc) is 2.70. The smallest absolute Gasteiger partial charge is 0.277 e. The third-order valence-electron chi connectivity index (χ3n) is 5.64. The predicted octanol–water partition coefficient (Wildman–Crippen LogP) is 1.68. The fourth-order valence-electron chi connectivity index (χ4n) is 3.84. The van der Waals surface area contributed by atoms with Gasteiger partial charge in [0, 0.05) is 37.4 Å². The Morgan fingerprint density at radius 3 is 2.50 bits per heavy atom. The Labute approximate surface area is 168 Å². The molecule has 28 heavy (non-hydrogen) atoms. The Morgan fingerprint density at radius 2 is 1.79 bits per heavy atom. The monoisotopic (exact) mass is 382 g/mol. The molecule has 1 amide bonds. The molecule has 1 aliphatic heterocycles. The van der Waals surface area contributed by atoms with Crippen LogP contribution in [0.1, 0.15) is 16.7 Å². The van der Waals surface area contributed by atoms with Crippen molar-refractivity contribution in [3.05, 3.63) is 59.2 Å². The number of carbonyl (C=O) groups is 1. The van der Waals surface area contributed by atoms with Crippen molar-refractivity contribution in [1.82, 2.24) is 4.90 Å². The lowest BCUT2D eigenvalue weighted by molar-refractivity contribution is -0.885.